The highest BCUT2D eigenvalue weighted by Crippen LogP contribution is 2.20. The van der Waals surface area contributed by atoms with Crippen LogP contribution in [0.25, 0.3) is 16.9 Å². The van der Waals surface area contributed by atoms with Crippen LogP contribution in [0.2, 0.25) is 0 Å². The molecular weight excluding hydrogens is 340 g/mol. The lowest BCUT2D eigenvalue weighted by Gasteiger charge is -2.05. The number of amides is 1. The summed E-state index contributed by atoms with van der Waals surface area (Å²) >= 11 is 0. The molecule has 142 valence electrons. The van der Waals surface area contributed by atoms with Crippen LogP contribution in [0.3, 0.4) is 0 Å². The summed E-state index contributed by atoms with van der Waals surface area (Å²) in [5, 5.41) is 10.7. The number of aromatic nitrogens is 4. The molecule has 0 atom stereocenters. The second-order valence-electron chi connectivity index (χ2n) is 6.41. The van der Waals surface area contributed by atoms with E-state index in [1.807, 2.05) is 30.3 Å². The fourth-order valence-electron chi connectivity index (χ4n) is 2.73. The van der Waals surface area contributed by atoms with Crippen LogP contribution < -0.4 is 10.6 Å². The Morgan fingerprint density at radius 3 is 2.56 bits per heavy atom. The molecule has 0 spiro atoms. The molecule has 2 N–H and O–H groups in total. The molecule has 0 saturated carbocycles. The molecule has 0 aliphatic rings. The van der Waals surface area contributed by atoms with Crippen molar-refractivity contribution in [2.75, 3.05) is 18.4 Å². The quantitative estimate of drug-likeness (QED) is 0.566. The second-order valence-corrected chi connectivity index (χ2v) is 6.41. The molecule has 1 aromatic carbocycles. The molecule has 2 heterocycles. The molecule has 0 fully saturated rings. The highest BCUT2D eigenvalue weighted by Gasteiger charge is 2.20. The van der Waals surface area contributed by atoms with E-state index in [0.717, 1.165) is 37.9 Å². The molecule has 3 aromatic rings. The van der Waals surface area contributed by atoms with Gasteiger partial charge in [-0.25, -0.2) is 14.6 Å². The first-order chi connectivity index (χ1) is 13.2. The van der Waals surface area contributed by atoms with Gasteiger partial charge in [-0.3, -0.25) is 4.79 Å². The van der Waals surface area contributed by atoms with E-state index in [1.165, 1.54) is 0 Å². The predicted molar refractivity (Wildman–Crippen MR) is 107 cm³/mol. The van der Waals surface area contributed by atoms with Crippen LogP contribution in [0.5, 0.6) is 0 Å². The van der Waals surface area contributed by atoms with Crippen molar-refractivity contribution in [3.8, 4) is 5.69 Å². The van der Waals surface area contributed by atoms with Gasteiger partial charge in [-0.15, -0.1) is 0 Å². The number of hydrogen-bond donors (Lipinski definition) is 2. The maximum Gasteiger partial charge on any atom is 0.274 e. The van der Waals surface area contributed by atoms with Crippen molar-refractivity contribution < 1.29 is 4.79 Å². The van der Waals surface area contributed by atoms with Crippen molar-refractivity contribution >= 4 is 22.9 Å². The van der Waals surface area contributed by atoms with Gasteiger partial charge in [-0.05, 0) is 25.0 Å². The van der Waals surface area contributed by atoms with E-state index in [4.69, 9.17) is 0 Å². The number of benzene rings is 1. The summed E-state index contributed by atoms with van der Waals surface area (Å²) in [5.74, 6) is 0.468. The third-order valence-corrected chi connectivity index (χ3v) is 4.25. The number of hydrogen-bond acceptors (Lipinski definition) is 5. The number of nitrogens with zero attached hydrogens (tertiary/aromatic N) is 4. The molecule has 0 saturated heterocycles. The van der Waals surface area contributed by atoms with Gasteiger partial charge in [-0.2, -0.15) is 5.10 Å². The van der Waals surface area contributed by atoms with Crippen molar-refractivity contribution in [3.05, 3.63) is 42.2 Å². The normalized spacial score (nSPS) is 10.9. The van der Waals surface area contributed by atoms with Crippen molar-refractivity contribution in [2.45, 2.75) is 39.5 Å². The van der Waals surface area contributed by atoms with Crippen molar-refractivity contribution in [1.82, 2.24) is 25.1 Å². The molecule has 0 radical (unpaired) electrons. The maximum atomic E-state index is 12.6. The van der Waals surface area contributed by atoms with Gasteiger partial charge >= 0.3 is 0 Å². The van der Waals surface area contributed by atoms with E-state index in [-0.39, 0.29) is 5.91 Å². The molecule has 7 nitrogen and oxygen atoms in total. The molecule has 7 heteroatoms. The van der Waals surface area contributed by atoms with Gasteiger partial charge in [0.25, 0.3) is 5.91 Å². The first kappa shape index (κ1) is 18.8. The Hall–Kier alpha value is -2.96. The Morgan fingerprint density at radius 2 is 1.81 bits per heavy atom. The van der Waals surface area contributed by atoms with E-state index >= 15 is 0 Å². The lowest BCUT2D eigenvalue weighted by Crippen LogP contribution is -2.25. The largest absolute Gasteiger partial charge is 0.369 e. The van der Waals surface area contributed by atoms with Crippen LogP contribution in [0.1, 0.15) is 50.0 Å². The molecule has 1 amide bonds. The zero-order valence-corrected chi connectivity index (χ0v) is 15.9. The van der Waals surface area contributed by atoms with Gasteiger partial charge < -0.3 is 10.6 Å². The third-order valence-electron chi connectivity index (χ3n) is 4.25. The molecular formula is C20H26N6O. The standard InChI is InChI=1S/C20H26N6O/c1-3-5-12-21-16-14-23-17-18(20(27)22-13-6-4-2)25-26(19(17)24-16)15-10-8-7-9-11-15/h7-11,14H,3-6,12-13H2,1-2H3,(H,21,24)(H,22,27). The molecule has 3 rings (SSSR count). The first-order valence-corrected chi connectivity index (χ1v) is 9.57. The lowest BCUT2D eigenvalue weighted by molar-refractivity contribution is 0.0949. The average Bonchev–Trinajstić information content (AvgIpc) is 3.08. The molecule has 0 aliphatic carbocycles. The van der Waals surface area contributed by atoms with Crippen LogP contribution in [0.4, 0.5) is 5.82 Å². The average molecular weight is 366 g/mol. The van der Waals surface area contributed by atoms with E-state index in [0.29, 0.717) is 29.2 Å². The maximum absolute atomic E-state index is 12.6. The number of fused-ring (bicyclic) bond motifs is 1. The second kappa shape index (κ2) is 9.12. The molecule has 0 aliphatic heterocycles. The molecule has 27 heavy (non-hydrogen) atoms. The van der Waals surface area contributed by atoms with Gasteiger partial charge in [-0.1, -0.05) is 44.9 Å². The summed E-state index contributed by atoms with van der Waals surface area (Å²) in [6.45, 7) is 5.69. The summed E-state index contributed by atoms with van der Waals surface area (Å²) in [6.07, 6.45) is 5.78. The van der Waals surface area contributed by atoms with Gasteiger partial charge in [0.2, 0.25) is 0 Å². The number of carbonyl (C=O) groups is 1. The van der Waals surface area contributed by atoms with Crippen LogP contribution in [-0.4, -0.2) is 38.7 Å². The van der Waals surface area contributed by atoms with E-state index < -0.39 is 0 Å². The van der Waals surface area contributed by atoms with Gasteiger partial charge in [0, 0.05) is 13.1 Å². The van der Waals surface area contributed by atoms with Crippen molar-refractivity contribution in [1.29, 1.82) is 0 Å². The first-order valence-electron chi connectivity index (χ1n) is 9.57. The minimum absolute atomic E-state index is 0.218. The number of rotatable bonds is 9. The van der Waals surface area contributed by atoms with Crippen LogP contribution in [0, 0.1) is 0 Å². The minimum atomic E-state index is -0.218. The van der Waals surface area contributed by atoms with Gasteiger partial charge in [0.05, 0.1) is 11.9 Å². The SMILES string of the molecule is CCCCNC(=O)c1nn(-c2ccccc2)c2nc(NCCCC)cnc12. The number of unbranched alkanes of at least 4 members (excludes halogenated alkanes) is 2. The van der Waals surface area contributed by atoms with E-state index in [9.17, 15) is 4.79 Å². The monoisotopic (exact) mass is 366 g/mol. The minimum Gasteiger partial charge on any atom is -0.369 e. The number of anilines is 1. The lowest BCUT2D eigenvalue weighted by atomic mass is 10.3. The predicted octanol–water partition coefficient (Wildman–Crippen LogP) is 3.56. The Morgan fingerprint density at radius 1 is 1.07 bits per heavy atom. The summed E-state index contributed by atoms with van der Waals surface area (Å²) in [4.78, 5) is 21.8. The molecule has 2 aromatic heterocycles. The van der Waals surface area contributed by atoms with Crippen LogP contribution in [-0.2, 0) is 0 Å². The van der Waals surface area contributed by atoms with Crippen molar-refractivity contribution in [2.24, 2.45) is 0 Å². The van der Waals surface area contributed by atoms with E-state index in [2.05, 4.69) is 39.5 Å². The van der Waals surface area contributed by atoms with Crippen LogP contribution in [0.15, 0.2) is 36.5 Å². The highest BCUT2D eigenvalue weighted by molar-refractivity contribution is 6.03. The van der Waals surface area contributed by atoms with E-state index in [1.54, 1.807) is 10.9 Å². The molecule has 0 bridgehead atoms. The summed E-state index contributed by atoms with van der Waals surface area (Å²) < 4.78 is 1.68. The third kappa shape index (κ3) is 4.42. The number of nitrogens with one attached hydrogen (secondary N) is 2. The summed E-state index contributed by atoms with van der Waals surface area (Å²) in [5.41, 5.74) is 2.23. The number of carbonyl (C=O) groups excluding carboxylic acids is 1. The summed E-state index contributed by atoms with van der Waals surface area (Å²) in [6, 6.07) is 9.67. The van der Waals surface area contributed by atoms with Crippen LogP contribution >= 0.6 is 0 Å². The Balaban J connectivity index is 1.99. The Kier molecular flexibility index (Phi) is 6.35. The van der Waals surface area contributed by atoms with Crippen molar-refractivity contribution in [3.63, 3.8) is 0 Å². The topological polar surface area (TPSA) is 84.7 Å². The zero-order chi connectivity index (χ0) is 19.1. The zero-order valence-electron chi connectivity index (χ0n) is 15.9. The Bertz CT molecular complexity index is 890. The van der Waals surface area contributed by atoms with Gasteiger partial charge in [0.15, 0.2) is 11.3 Å². The summed E-state index contributed by atoms with van der Waals surface area (Å²) in [7, 11) is 0. The van der Waals surface area contributed by atoms with Gasteiger partial charge in [0.1, 0.15) is 11.3 Å². The Labute approximate surface area is 159 Å². The highest BCUT2D eigenvalue weighted by atomic mass is 16.2. The smallest absolute Gasteiger partial charge is 0.274 e. The number of para-hydroxylation sites is 1. The fraction of sp³-hybridized carbons (Fsp3) is 0.400. The molecule has 0 unspecified atom stereocenters. The fourth-order valence-corrected chi connectivity index (χ4v) is 2.73.